The second-order valence-electron chi connectivity index (χ2n) is 5.97. The summed E-state index contributed by atoms with van der Waals surface area (Å²) in [5.74, 6) is 0.852. The Morgan fingerprint density at radius 3 is 2.42 bits per heavy atom. The van der Waals surface area contributed by atoms with E-state index in [1.807, 2.05) is 36.4 Å². The number of rotatable bonds is 6. The van der Waals surface area contributed by atoms with Gasteiger partial charge < -0.3 is 10.1 Å². The molecule has 1 N–H and O–H groups in total. The molecule has 4 heteroatoms. The van der Waals surface area contributed by atoms with E-state index < -0.39 is 6.10 Å². The molecule has 0 aliphatic rings. The third kappa shape index (κ3) is 4.60. The fourth-order valence-corrected chi connectivity index (χ4v) is 2.35. The van der Waals surface area contributed by atoms with Gasteiger partial charge >= 0.3 is 0 Å². The lowest BCUT2D eigenvalue weighted by Crippen LogP contribution is -2.30. The molecule has 0 saturated heterocycles. The van der Waals surface area contributed by atoms with Crippen LogP contribution in [0.5, 0.6) is 5.75 Å². The number of nitrogens with zero attached hydrogens (tertiary/aromatic N) is 1. The summed E-state index contributed by atoms with van der Waals surface area (Å²) in [6.45, 7) is 5.92. The Balaban J connectivity index is 2.01. The molecule has 0 heterocycles. The van der Waals surface area contributed by atoms with Crippen LogP contribution in [-0.4, -0.2) is 12.0 Å². The number of nitrogens with one attached hydrogen (secondary N) is 1. The first-order valence-corrected chi connectivity index (χ1v) is 8.03. The minimum absolute atomic E-state index is 0.207. The minimum Gasteiger partial charge on any atom is -0.481 e. The molecule has 1 amide bonds. The van der Waals surface area contributed by atoms with Crippen molar-refractivity contribution in [2.45, 2.75) is 39.2 Å². The topological polar surface area (TPSA) is 62.1 Å². The summed E-state index contributed by atoms with van der Waals surface area (Å²) in [5.41, 5.74) is 2.69. The lowest BCUT2D eigenvalue weighted by atomic mass is 10.0. The average molecular weight is 322 g/mol. The Hall–Kier alpha value is -2.80. The quantitative estimate of drug-likeness (QED) is 0.863. The van der Waals surface area contributed by atoms with Gasteiger partial charge in [-0.25, -0.2) is 0 Å². The summed E-state index contributed by atoms with van der Waals surface area (Å²) in [6.07, 6.45) is -0.247. The van der Waals surface area contributed by atoms with Gasteiger partial charge in [0, 0.05) is 5.69 Å². The molecule has 0 aliphatic carbocycles. The molecular weight excluding hydrogens is 300 g/mol. The second kappa shape index (κ2) is 8.16. The Morgan fingerprint density at radius 1 is 1.12 bits per heavy atom. The van der Waals surface area contributed by atoms with Crippen molar-refractivity contribution in [3.8, 4) is 11.8 Å². The molecule has 0 aromatic heterocycles. The first-order valence-electron chi connectivity index (χ1n) is 8.03. The van der Waals surface area contributed by atoms with Crippen LogP contribution in [0.2, 0.25) is 0 Å². The number of carbonyl (C=O) groups excluding carboxylic acids is 1. The van der Waals surface area contributed by atoms with Crippen molar-refractivity contribution in [3.63, 3.8) is 0 Å². The van der Waals surface area contributed by atoms with E-state index in [4.69, 9.17) is 10.00 Å². The fourth-order valence-electron chi connectivity index (χ4n) is 2.35. The highest BCUT2D eigenvalue weighted by Gasteiger charge is 2.17. The standard InChI is InChI=1S/C20H22N2O2/c1-14(2)18-6-4-5-7-19(18)24-15(3)20(23)22-17-10-8-16(9-11-17)12-13-21/h4-11,14-15H,12H2,1-3H3,(H,22,23). The van der Waals surface area contributed by atoms with Gasteiger partial charge in [0.1, 0.15) is 5.75 Å². The van der Waals surface area contributed by atoms with E-state index in [2.05, 4.69) is 25.2 Å². The third-order valence-electron chi connectivity index (χ3n) is 3.72. The maximum absolute atomic E-state index is 12.3. The van der Waals surface area contributed by atoms with E-state index in [0.29, 0.717) is 18.0 Å². The molecule has 2 rings (SSSR count). The predicted molar refractivity (Wildman–Crippen MR) is 95.0 cm³/mol. The Kier molecular flexibility index (Phi) is 5.97. The van der Waals surface area contributed by atoms with Crippen LogP contribution >= 0.6 is 0 Å². The highest BCUT2D eigenvalue weighted by atomic mass is 16.5. The van der Waals surface area contributed by atoms with Gasteiger partial charge in [0.2, 0.25) is 0 Å². The number of hydrogen-bond acceptors (Lipinski definition) is 3. The van der Waals surface area contributed by atoms with Gasteiger partial charge in [0.25, 0.3) is 5.91 Å². The molecule has 2 aromatic carbocycles. The molecule has 124 valence electrons. The summed E-state index contributed by atoms with van der Waals surface area (Å²) in [4.78, 5) is 12.3. The number of ether oxygens (including phenoxy) is 1. The maximum atomic E-state index is 12.3. The van der Waals surface area contributed by atoms with Crippen LogP contribution in [0, 0.1) is 11.3 Å². The Bertz CT molecular complexity index is 730. The molecule has 0 spiro atoms. The summed E-state index contributed by atoms with van der Waals surface area (Å²) >= 11 is 0. The molecule has 4 nitrogen and oxygen atoms in total. The number of hydrogen-bond donors (Lipinski definition) is 1. The van der Waals surface area contributed by atoms with E-state index in [1.54, 1.807) is 19.1 Å². The molecule has 24 heavy (non-hydrogen) atoms. The van der Waals surface area contributed by atoms with Gasteiger partial charge in [-0.3, -0.25) is 4.79 Å². The van der Waals surface area contributed by atoms with E-state index >= 15 is 0 Å². The molecule has 0 saturated carbocycles. The van der Waals surface area contributed by atoms with Gasteiger partial charge in [-0.05, 0) is 42.2 Å². The van der Waals surface area contributed by atoms with Gasteiger partial charge in [-0.1, -0.05) is 44.2 Å². The number of amides is 1. The van der Waals surface area contributed by atoms with Gasteiger partial charge in [0.05, 0.1) is 12.5 Å². The second-order valence-corrected chi connectivity index (χ2v) is 5.97. The normalized spacial score (nSPS) is 11.6. The third-order valence-corrected chi connectivity index (χ3v) is 3.72. The minimum atomic E-state index is -0.608. The number of nitriles is 1. The van der Waals surface area contributed by atoms with Crippen molar-refractivity contribution >= 4 is 11.6 Å². The van der Waals surface area contributed by atoms with Crippen LogP contribution in [0.1, 0.15) is 37.8 Å². The van der Waals surface area contributed by atoms with E-state index in [1.165, 1.54) is 0 Å². The number of para-hydroxylation sites is 1. The zero-order valence-electron chi connectivity index (χ0n) is 14.2. The van der Waals surface area contributed by atoms with Crippen LogP contribution < -0.4 is 10.1 Å². The molecular formula is C20H22N2O2. The van der Waals surface area contributed by atoms with Crippen molar-refractivity contribution in [1.82, 2.24) is 0 Å². The molecule has 0 fully saturated rings. The van der Waals surface area contributed by atoms with E-state index in [0.717, 1.165) is 16.9 Å². The highest BCUT2D eigenvalue weighted by molar-refractivity contribution is 5.94. The highest BCUT2D eigenvalue weighted by Crippen LogP contribution is 2.26. The average Bonchev–Trinajstić information content (AvgIpc) is 2.57. The molecule has 1 atom stereocenters. The van der Waals surface area contributed by atoms with Gasteiger partial charge in [-0.15, -0.1) is 0 Å². The summed E-state index contributed by atoms with van der Waals surface area (Å²) in [7, 11) is 0. The SMILES string of the molecule is CC(Oc1ccccc1C(C)C)C(=O)Nc1ccc(CC#N)cc1. The lowest BCUT2D eigenvalue weighted by Gasteiger charge is -2.18. The summed E-state index contributed by atoms with van der Waals surface area (Å²) in [5, 5.41) is 11.5. The first-order chi connectivity index (χ1) is 11.5. The van der Waals surface area contributed by atoms with Crippen LogP contribution in [0.4, 0.5) is 5.69 Å². The maximum Gasteiger partial charge on any atom is 0.265 e. The monoisotopic (exact) mass is 322 g/mol. The molecule has 0 radical (unpaired) electrons. The number of benzene rings is 2. The first kappa shape index (κ1) is 17.6. The number of carbonyl (C=O) groups is 1. The van der Waals surface area contributed by atoms with Crippen LogP contribution in [0.3, 0.4) is 0 Å². The largest absolute Gasteiger partial charge is 0.481 e. The van der Waals surface area contributed by atoms with Crippen molar-refractivity contribution in [3.05, 3.63) is 59.7 Å². The van der Waals surface area contributed by atoms with Crippen LogP contribution in [0.15, 0.2) is 48.5 Å². The van der Waals surface area contributed by atoms with Gasteiger partial charge in [0.15, 0.2) is 6.10 Å². The molecule has 0 aliphatic heterocycles. The zero-order valence-corrected chi connectivity index (χ0v) is 14.2. The van der Waals surface area contributed by atoms with Crippen molar-refractivity contribution < 1.29 is 9.53 Å². The van der Waals surface area contributed by atoms with Crippen molar-refractivity contribution in [1.29, 1.82) is 5.26 Å². The van der Waals surface area contributed by atoms with Crippen molar-refractivity contribution in [2.75, 3.05) is 5.32 Å². The molecule has 1 unspecified atom stereocenters. The Morgan fingerprint density at radius 2 is 1.79 bits per heavy atom. The Labute approximate surface area is 143 Å². The molecule has 2 aromatic rings. The summed E-state index contributed by atoms with van der Waals surface area (Å²) in [6, 6.07) is 17.1. The van der Waals surface area contributed by atoms with E-state index in [9.17, 15) is 4.79 Å². The predicted octanol–water partition coefficient (Wildman–Crippen LogP) is 4.28. The lowest BCUT2D eigenvalue weighted by molar-refractivity contribution is -0.122. The van der Waals surface area contributed by atoms with Crippen molar-refractivity contribution in [2.24, 2.45) is 0 Å². The van der Waals surface area contributed by atoms with Crippen LogP contribution in [-0.2, 0) is 11.2 Å². The summed E-state index contributed by atoms with van der Waals surface area (Å²) < 4.78 is 5.85. The fraction of sp³-hybridized carbons (Fsp3) is 0.300. The van der Waals surface area contributed by atoms with Crippen LogP contribution in [0.25, 0.3) is 0 Å². The zero-order chi connectivity index (χ0) is 17.5. The number of anilines is 1. The van der Waals surface area contributed by atoms with Gasteiger partial charge in [-0.2, -0.15) is 5.26 Å². The smallest absolute Gasteiger partial charge is 0.265 e. The van der Waals surface area contributed by atoms with E-state index in [-0.39, 0.29) is 5.91 Å². The molecule has 0 bridgehead atoms.